The molecular weight excluding hydrogens is 550 g/mol. The number of carboxylic acids is 1. The van der Waals surface area contributed by atoms with Crippen molar-refractivity contribution >= 4 is 23.7 Å². The van der Waals surface area contributed by atoms with Crippen LogP contribution in [0.25, 0.3) is 0 Å². The minimum atomic E-state index is -1.12. The second-order valence-electron chi connectivity index (χ2n) is 12.3. The van der Waals surface area contributed by atoms with Gasteiger partial charge < -0.3 is 29.7 Å². The summed E-state index contributed by atoms with van der Waals surface area (Å²) in [7, 11) is 4.88. The van der Waals surface area contributed by atoms with Crippen LogP contribution < -0.4 is 5.32 Å². The van der Waals surface area contributed by atoms with E-state index in [4.69, 9.17) is 9.47 Å². The summed E-state index contributed by atoms with van der Waals surface area (Å²) >= 11 is 0. The summed E-state index contributed by atoms with van der Waals surface area (Å²) in [6.45, 7) is 10.4. The highest BCUT2D eigenvalue weighted by Crippen LogP contribution is 2.29. The number of nitrogens with one attached hydrogen (secondary N) is 1. The van der Waals surface area contributed by atoms with Crippen molar-refractivity contribution in [2.75, 3.05) is 27.8 Å². The number of rotatable bonds is 17. The lowest BCUT2D eigenvalue weighted by molar-refractivity contribution is -0.147. The monoisotopic (exact) mass is 603 g/mol. The number of ether oxygens (including phenoxy) is 2. The molecule has 0 spiro atoms. The number of likely N-dealkylation sites (N-methyl/N-ethyl adjacent to an activating group) is 1. The van der Waals surface area contributed by atoms with Crippen LogP contribution in [-0.2, 0) is 35.1 Å². The fourth-order valence-corrected chi connectivity index (χ4v) is 6.17. The van der Waals surface area contributed by atoms with E-state index in [9.17, 15) is 24.3 Å². The van der Waals surface area contributed by atoms with Gasteiger partial charge in [-0.05, 0) is 30.2 Å². The molecule has 1 heterocycles. The van der Waals surface area contributed by atoms with Gasteiger partial charge in [-0.15, -0.1) is 0 Å². The van der Waals surface area contributed by atoms with Crippen LogP contribution in [0, 0.1) is 17.8 Å². The van der Waals surface area contributed by atoms with Crippen LogP contribution in [0.15, 0.2) is 30.3 Å². The lowest BCUT2D eigenvalue weighted by Gasteiger charge is -2.39. The van der Waals surface area contributed by atoms with Crippen molar-refractivity contribution in [3.05, 3.63) is 35.9 Å². The Morgan fingerprint density at radius 1 is 1.05 bits per heavy atom. The van der Waals surface area contributed by atoms with E-state index in [2.05, 4.69) is 19.2 Å². The van der Waals surface area contributed by atoms with E-state index in [0.29, 0.717) is 19.4 Å². The van der Waals surface area contributed by atoms with E-state index < -0.39 is 36.0 Å². The van der Waals surface area contributed by atoms with Crippen molar-refractivity contribution in [3.8, 4) is 0 Å². The van der Waals surface area contributed by atoms with Crippen LogP contribution in [0.3, 0.4) is 0 Å². The van der Waals surface area contributed by atoms with Crippen molar-refractivity contribution in [1.29, 1.82) is 0 Å². The molecule has 0 bridgehead atoms. The fourth-order valence-electron chi connectivity index (χ4n) is 6.17. The predicted octanol–water partition coefficient (Wildman–Crippen LogP) is 3.76. The molecule has 2 rings (SSSR count). The highest BCUT2D eigenvalue weighted by atomic mass is 16.5. The molecule has 3 amide bonds. The van der Waals surface area contributed by atoms with Gasteiger partial charge in [-0.2, -0.15) is 0 Å². The summed E-state index contributed by atoms with van der Waals surface area (Å²) in [6, 6.07) is 7.43. The Hall–Kier alpha value is -2.98. The Balaban J connectivity index is 2.18. The molecule has 0 aliphatic carbocycles. The zero-order valence-electron chi connectivity index (χ0n) is 27.2. The SMILES string of the molecule is CC[C@H](C)[C@@H]([C@@H](CC(=O)N1CCC[C@H]1C(OC)[C@@H](C)C(=O)N[C@@H](Cc1ccccc1)C(=O)O)OC)N(C)C(=O)CC(C)C. The lowest BCUT2D eigenvalue weighted by Crippen LogP contribution is -2.54. The van der Waals surface area contributed by atoms with Crippen molar-refractivity contribution in [2.24, 2.45) is 17.8 Å². The first-order valence-electron chi connectivity index (χ1n) is 15.5. The number of amides is 3. The highest BCUT2D eigenvalue weighted by Gasteiger charge is 2.42. The van der Waals surface area contributed by atoms with Crippen LogP contribution in [0.1, 0.15) is 72.3 Å². The van der Waals surface area contributed by atoms with Gasteiger partial charge in [0, 0.05) is 40.7 Å². The van der Waals surface area contributed by atoms with Crippen LogP contribution in [0.5, 0.6) is 0 Å². The number of nitrogens with zero attached hydrogens (tertiary/aromatic N) is 2. The molecule has 10 nitrogen and oxygen atoms in total. The Morgan fingerprint density at radius 2 is 1.70 bits per heavy atom. The maximum atomic E-state index is 13.8. The zero-order valence-corrected chi connectivity index (χ0v) is 27.2. The topological polar surface area (TPSA) is 125 Å². The molecule has 1 saturated heterocycles. The highest BCUT2D eigenvalue weighted by molar-refractivity contribution is 5.85. The average molecular weight is 604 g/mol. The minimum absolute atomic E-state index is 0.0278. The van der Waals surface area contributed by atoms with Gasteiger partial charge in [-0.1, -0.05) is 71.4 Å². The van der Waals surface area contributed by atoms with Crippen LogP contribution in [0.4, 0.5) is 0 Å². The summed E-state index contributed by atoms with van der Waals surface area (Å²) in [6.07, 6.45) is 1.79. The third-order valence-electron chi connectivity index (χ3n) is 8.78. The van der Waals surface area contributed by atoms with Crippen LogP contribution in [-0.4, -0.2) is 96.7 Å². The average Bonchev–Trinajstić information content (AvgIpc) is 3.46. The van der Waals surface area contributed by atoms with Crippen molar-refractivity contribution in [3.63, 3.8) is 0 Å². The first-order valence-corrected chi connectivity index (χ1v) is 15.5. The smallest absolute Gasteiger partial charge is 0.326 e. The van der Waals surface area contributed by atoms with Gasteiger partial charge in [0.15, 0.2) is 0 Å². The van der Waals surface area contributed by atoms with Crippen molar-refractivity contribution < 1.29 is 33.8 Å². The first kappa shape index (κ1) is 36.2. The normalized spacial score (nSPS) is 19.3. The molecule has 7 atom stereocenters. The largest absolute Gasteiger partial charge is 0.480 e. The molecule has 0 radical (unpaired) electrons. The number of carbonyl (C=O) groups is 4. The van der Waals surface area contributed by atoms with Gasteiger partial charge in [0.05, 0.1) is 36.6 Å². The molecule has 0 saturated carbocycles. The number of likely N-dealkylation sites (tertiary alicyclic amines) is 1. The molecule has 10 heteroatoms. The van der Waals surface area contributed by atoms with E-state index in [-0.39, 0.29) is 48.6 Å². The molecule has 1 aliphatic rings. The summed E-state index contributed by atoms with van der Waals surface area (Å²) < 4.78 is 11.7. The van der Waals surface area contributed by atoms with Gasteiger partial charge in [0.25, 0.3) is 0 Å². The fraction of sp³-hybridized carbons (Fsp3) is 0.697. The van der Waals surface area contributed by atoms with E-state index in [1.165, 1.54) is 7.11 Å². The maximum absolute atomic E-state index is 13.8. The standard InChI is InChI=1S/C33H53N3O7/c1-9-22(4)30(35(6)28(37)18-21(2)3)27(42-7)20-29(38)36-17-13-16-26(36)31(43-8)23(5)32(39)34-25(33(40)41)19-24-14-11-10-12-15-24/h10-12,14-15,21-23,25-27,30-31H,9,13,16-20H2,1-8H3,(H,34,39)(H,40,41)/t22-,23+,25-,26-,27+,30-,31?/m0/s1. The second-order valence-corrected chi connectivity index (χ2v) is 12.3. The molecule has 43 heavy (non-hydrogen) atoms. The van der Waals surface area contributed by atoms with Gasteiger partial charge >= 0.3 is 5.97 Å². The third kappa shape index (κ3) is 10.0. The molecule has 1 aliphatic heterocycles. The molecule has 1 unspecified atom stereocenters. The number of benzene rings is 1. The maximum Gasteiger partial charge on any atom is 0.326 e. The number of aliphatic carboxylic acids is 1. The summed E-state index contributed by atoms with van der Waals surface area (Å²) in [5.74, 6) is -2.02. The molecule has 2 N–H and O–H groups in total. The molecule has 242 valence electrons. The molecule has 0 aromatic heterocycles. The zero-order chi connectivity index (χ0) is 32.3. The first-order chi connectivity index (χ1) is 20.4. The second kappa shape index (κ2) is 17.3. The molecular formula is C33H53N3O7. The quantitative estimate of drug-likeness (QED) is 0.278. The Labute approximate surface area is 257 Å². The minimum Gasteiger partial charge on any atom is -0.480 e. The van der Waals surface area contributed by atoms with Gasteiger partial charge in [-0.25, -0.2) is 4.79 Å². The Bertz CT molecular complexity index is 1050. The number of methoxy groups -OCH3 is 2. The number of carbonyl (C=O) groups excluding carboxylic acids is 3. The van der Waals surface area contributed by atoms with Gasteiger partial charge in [0.1, 0.15) is 6.04 Å². The van der Waals surface area contributed by atoms with Crippen LogP contribution >= 0.6 is 0 Å². The van der Waals surface area contributed by atoms with E-state index in [1.807, 2.05) is 44.2 Å². The number of hydrogen-bond acceptors (Lipinski definition) is 6. The molecule has 1 fully saturated rings. The number of hydrogen-bond donors (Lipinski definition) is 2. The Kier molecular flexibility index (Phi) is 14.6. The summed E-state index contributed by atoms with van der Waals surface area (Å²) in [5, 5.41) is 12.5. The predicted molar refractivity (Wildman–Crippen MR) is 165 cm³/mol. The van der Waals surface area contributed by atoms with E-state index in [0.717, 1.165) is 18.4 Å². The van der Waals surface area contributed by atoms with Gasteiger partial charge in [0.2, 0.25) is 17.7 Å². The summed E-state index contributed by atoms with van der Waals surface area (Å²) in [5.41, 5.74) is 0.804. The lowest BCUT2D eigenvalue weighted by atomic mass is 9.90. The van der Waals surface area contributed by atoms with E-state index >= 15 is 0 Å². The van der Waals surface area contributed by atoms with E-state index in [1.54, 1.807) is 30.9 Å². The van der Waals surface area contributed by atoms with Crippen LogP contribution in [0.2, 0.25) is 0 Å². The van der Waals surface area contributed by atoms with Crippen molar-refractivity contribution in [1.82, 2.24) is 15.1 Å². The van der Waals surface area contributed by atoms with Gasteiger partial charge in [-0.3, -0.25) is 14.4 Å². The Morgan fingerprint density at radius 3 is 2.23 bits per heavy atom. The molecule has 1 aromatic carbocycles. The van der Waals surface area contributed by atoms with Crippen molar-refractivity contribution in [2.45, 2.75) is 103 Å². The number of carboxylic acid groups (broad SMARTS) is 1. The summed E-state index contributed by atoms with van der Waals surface area (Å²) in [4.78, 5) is 55.6. The third-order valence-corrected chi connectivity index (χ3v) is 8.78. The molecule has 1 aromatic rings.